The van der Waals surface area contributed by atoms with Gasteiger partial charge in [-0.1, -0.05) is 29.8 Å². The number of aryl methyl sites for hydroxylation is 2. The first-order valence-corrected chi connectivity index (χ1v) is 8.63. The van der Waals surface area contributed by atoms with Gasteiger partial charge in [-0.2, -0.15) is 4.98 Å². The molecule has 0 spiro atoms. The van der Waals surface area contributed by atoms with Gasteiger partial charge in [0.25, 0.3) is 0 Å². The van der Waals surface area contributed by atoms with E-state index in [0.717, 1.165) is 29.5 Å². The summed E-state index contributed by atoms with van der Waals surface area (Å²) in [7, 11) is 0. The van der Waals surface area contributed by atoms with Crippen molar-refractivity contribution < 1.29 is 0 Å². The molecule has 0 amide bonds. The van der Waals surface area contributed by atoms with Crippen molar-refractivity contribution in [3.8, 4) is 0 Å². The number of anilines is 3. The minimum Gasteiger partial charge on any atom is -0.370 e. The summed E-state index contributed by atoms with van der Waals surface area (Å²) in [5.74, 6) is 1.38. The number of hydrogen-bond acceptors (Lipinski definition) is 4. The average Bonchev–Trinajstić information content (AvgIpc) is 2.54. The molecule has 2 N–H and O–H groups in total. The van der Waals surface area contributed by atoms with E-state index in [1.807, 2.05) is 24.3 Å². The molecular weight excluding hydrogens is 332 g/mol. The molecule has 0 unspecified atom stereocenters. The molecule has 25 heavy (non-hydrogen) atoms. The highest BCUT2D eigenvalue weighted by molar-refractivity contribution is 6.30. The highest BCUT2D eigenvalue weighted by Crippen LogP contribution is 2.18. The third-order valence-electron chi connectivity index (χ3n) is 3.74. The third-order valence-corrected chi connectivity index (χ3v) is 3.98. The van der Waals surface area contributed by atoms with Crippen molar-refractivity contribution in [2.24, 2.45) is 0 Å². The van der Waals surface area contributed by atoms with Crippen molar-refractivity contribution in [3.05, 3.63) is 76.4 Å². The van der Waals surface area contributed by atoms with Crippen molar-refractivity contribution in [3.63, 3.8) is 0 Å². The lowest BCUT2D eigenvalue weighted by Crippen LogP contribution is -2.07. The van der Waals surface area contributed by atoms with Crippen LogP contribution in [-0.2, 0) is 6.42 Å². The van der Waals surface area contributed by atoms with Gasteiger partial charge >= 0.3 is 0 Å². The molecule has 1 heterocycles. The van der Waals surface area contributed by atoms with Gasteiger partial charge in [0.15, 0.2) is 0 Å². The lowest BCUT2D eigenvalue weighted by atomic mass is 10.1. The van der Waals surface area contributed by atoms with E-state index in [4.69, 9.17) is 11.6 Å². The van der Waals surface area contributed by atoms with E-state index in [0.29, 0.717) is 5.95 Å². The first-order valence-electron chi connectivity index (χ1n) is 8.25. The third kappa shape index (κ3) is 5.19. The van der Waals surface area contributed by atoms with Gasteiger partial charge in [-0.25, -0.2) is 4.98 Å². The predicted octanol–water partition coefficient (Wildman–Crippen LogP) is 5.15. The zero-order valence-corrected chi connectivity index (χ0v) is 15.1. The second kappa shape index (κ2) is 7.99. The Morgan fingerprint density at radius 2 is 1.80 bits per heavy atom. The minimum atomic E-state index is 0.581. The summed E-state index contributed by atoms with van der Waals surface area (Å²) in [4.78, 5) is 8.81. The number of benzene rings is 2. The summed E-state index contributed by atoms with van der Waals surface area (Å²) in [6.45, 7) is 4.93. The monoisotopic (exact) mass is 352 g/mol. The van der Waals surface area contributed by atoms with Crippen molar-refractivity contribution in [1.82, 2.24) is 9.97 Å². The fraction of sp³-hybridized carbons (Fsp3) is 0.200. The first kappa shape index (κ1) is 17.2. The Hall–Kier alpha value is -2.59. The topological polar surface area (TPSA) is 49.8 Å². The lowest BCUT2D eigenvalue weighted by molar-refractivity contribution is 1.00. The largest absolute Gasteiger partial charge is 0.370 e. The fourth-order valence-corrected chi connectivity index (χ4v) is 2.93. The minimum absolute atomic E-state index is 0.581. The van der Waals surface area contributed by atoms with E-state index in [-0.39, 0.29) is 0 Å². The van der Waals surface area contributed by atoms with E-state index < -0.39 is 0 Å². The van der Waals surface area contributed by atoms with Gasteiger partial charge in [0.1, 0.15) is 5.82 Å². The molecule has 5 heteroatoms. The van der Waals surface area contributed by atoms with E-state index in [9.17, 15) is 0 Å². The quantitative estimate of drug-likeness (QED) is 0.644. The SMILES string of the molecule is Cc1cc(C)cc(Nc2nccc(NCCc3cccc(Cl)c3)n2)c1. The maximum Gasteiger partial charge on any atom is 0.229 e. The van der Waals surface area contributed by atoms with Crippen molar-refractivity contribution >= 4 is 29.1 Å². The van der Waals surface area contributed by atoms with Gasteiger partial charge in [0.05, 0.1) is 0 Å². The number of nitrogens with one attached hydrogen (secondary N) is 2. The predicted molar refractivity (Wildman–Crippen MR) is 105 cm³/mol. The molecule has 2 aromatic carbocycles. The van der Waals surface area contributed by atoms with Crippen molar-refractivity contribution in [2.45, 2.75) is 20.3 Å². The van der Waals surface area contributed by atoms with Crippen LogP contribution >= 0.6 is 11.6 Å². The molecule has 0 atom stereocenters. The van der Waals surface area contributed by atoms with Gasteiger partial charge in [0.2, 0.25) is 5.95 Å². The van der Waals surface area contributed by atoms with E-state index in [1.165, 1.54) is 16.7 Å². The molecular formula is C20H21ClN4. The van der Waals surface area contributed by atoms with Gasteiger partial charge in [-0.3, -0.25) is 0 Å². The highest BCUT2D eigenvalue weighted by Gasteiger charge is 2.02. The maximum absolute atomic E-state index is 6.01. The summed E-state index contributed by atoms with van der Waals surface area (Å²) in [5.41, 5.74) is 4.60. The molecule has 1 aromatic heterocycles. The number of nitrogens with zero attached hydrogens (tertiary/aromatic N) is 2. The Bertz CT molecular complexity index is 844. The van der Waals surface area contributed by atoms with Crippen LogP contribution < -0.4 is 10.6 Å². The molecule has 0 aliphatic rings. The number of aromatic nitrogens is 2. The standard InChI is InChI=1S/C20H21ClN4/c1-14-10-15(2)12-18(11-14)24-20-23-9-7-19(25-20)22-8-6-16-4-3-5-17(21)13-16/h3-5,7,9-13H,6,8H2,1-2H3,(H2,22,23,24,25). The smallest absolute Gasteiger partial charge is 0.229 e. The molecule has 0 saturated carbocycles. The zero-order chi connectivity index (χ0) is 17.6. The molecule has 0 radical (unpaired) electrons. The number of halogens is 1. The maximum atomic E-state index is 6.01. The van der Waals surface area contributed by atoms with Gasteiger partial charge < -0.3 is 10.6 Å². The Labute approximate surface area is 153 Å². The van der Waals surface area contributed by atoms with Crippen LogP contribution in [0.4, 0.5) is 17.5 Å². The zero-order valence-electron chi connectivity index (χ0n) is 14.4. The van der Waals surface area contributed by atoms with Gasteiger partial charge in [0, 0.05) is 23.5 Å². The van der Waals surface area contributed by atoms with Crippen LogP contribution in [0.5, 0.6) is 0 Å². The first-order chi connectivity index (χ1) is 12.1. The lowest BCUT2D eigenvalue weighted by Gasteiger charge is -2.10. The van der Waals surface area contributed by atoms with Crippen LogP contribution in [0.15, 0.2) is 54.7 Å². The van der Waals surface area contributed by atoms with Crippen LogP contribution in [0.1, 0.15) is 16.7 Å². The summed E-state index contributed by atoms with van der Waals surface area (Å²) in [6, 6.07) is 16.1. The van der Waals surface area contributed by atoms with Crippen LogP contribution in [0.3, 0.4) is 0 Å². The van der Waals surface area contributed by atoms with Crippen molar-refractivity contribution in [1.29, 1.82) is 0 Å². The Morgan fingerprint density at radius 1 is 1.00 bits per heavy atom. The molecule has 0 aliphatic carbocycles. The van der Waals surface area contributed by atoms with Gasteiger partial charge in [-0.05, 0) is 67.3 Å². The molecule has 128 valence electrons. The molecule has 0 bridgehead atoms. The van der Waals surface area contributed by atoms with Crippen LogP contribution in [-0.4, -0.2) is 16.5 Å². The average molecular weight is 353 g/mol. The van der Waals surface area contributed by atoms with E-state index in [2.05, 4.69) is 58.7 Å². The normalized spacial score (nSPS) is 10.5. The van der Waals surface area contributed by atoms with E-state index in [1.54, 1.807) is 6.20 Å². The summed E-state index contributed by atoms with van der Waals surface area (Å²) >= 11 is 6.01. The Balaban J connectivity index is 1.61. The second-order valence-corrected chi connectivity index (χ2v) is 6.51. The highest BCUT2D eigenvalue weighted by atomic mass is 35.5. The molecule has 0 aliphatic heterocycles. The molecule has 3 rings (SSSR count). The second-order valence-electron chi connectivity index (χ2n) is 6.07. The Morgan fingerprint density at radius 3 is 2.56 bits per heavy atom. The van der Waals surface area contributed by atoms with Crippen molar-refractivity contribution in [2.75, 3.05) is 17.2 Å². The summed E-state index contributed by atoms with van der Waals surface area (Å²) in [6.07, 6.45) is 2.63. The van der Waals surface area contributed by atoms with Crippen LogP contribution in [0.25, 0.3) is 0 Å². The Kier molecular flexibility index (Phi) is 5.51. The fourth-order valence-electron chi connectivity index (χ4n) is 2.72. The summed E-state index contributed by atoms with van der Waals surface area (Å²) in [5, 5.41) is 7.35. The molecule has 0 fully saturated rings. The van der Waals surface area contributed by atoms with Crippen LogP contribution in [0.2, 0.25) is 5.02 Å². The van der Waals surface area contributed by atoms with E-state index >= 15 is 0 Å². The summed E-state index contributed by atoms with van der Waals surface area (Å²) < 4.78 is 0. The molecule has 4 nitrogen and oxygen atoms in total. The van der Waals surface area contributed by atoms with Crippen LogP contribution in [0, 0.1) is 13.8 Å². The molecule has 3 aromatic rings. The number of rotatable bonds is 6. The van der Waals surface area contributed by atoms with Gasteiger partial charge in [-0.15, -0.1) is 0 Å². The molecule has 0 saturated heterocycles. The number of hydrogen-bond donors (Lipinski definition) is 2.